The van der Waals surface area contributed by atoms with Crippen LogP contribution in [0.3, 0.4) is 0 Å². The van der Waals surface area contributed by atoms with E-state index >= 15 is 0 Å². The van der Waals surface area contributed by atoms with Crippen LogP contribution in [-0.2, 0) is 5.41 Å². The highest BCUT2D eigenvalue weighted by Crippen LogP contribution is 2.53. The molecule has 0 amide bonds. The van der Waals surface area contributed by atoms with Crippen molar-refractivity contribution in [2.75, 3.05) is 7.11 Å². The Bertz CT molecular complexity index is 1030. The Morgan fingerprint density at radius 1 is 0.871 bits per heavy atom. The van der Waals surface area contributed by atoms with E-state index in [4.69, 9.17) is 9.47 Å². The number of ether oxygens (including phenoxy) is 2. The summed E-state index contributed by atoms with van der Waals surface area (Å²) in [6.07, 6.45) is 6.86. The summed E-state index contributed by atoms with van der Waals surface area (Å²) in [5.41, 5.74) is 3.76. The summed E-state index contributed by atoms with van der Waals surface area (Å²) in [7, 11) is 1.72. The van der Waals surface area contributed by atoms with E-state index in [0.29, 0.717) is 11.8 Å². The number of nitrogens with zero attached hydrogens (tertiary/aromatic N) is 2. The van der Waals surface area contributed by atoms with Crippen LogP contribution in [0.15, 0.2) is 60.9 Å². The number of aryl methyl sites for hydroxylation is 1. The Morgan fingerprint density at radius 2 is 1.48 bits per heavy atom. The average molecular weight is 417 g/mol. The first kappa shape index (κ1) is 21.4. The van der Waals surface area contributed by atoms with E-state index in [1.54, 1.807) is 19.5 Å². The first-order valence-corrected chi connectivity index (χ1v) is 11.0. The minimum atomic E-state index is -0.0326. The Labute approximate surface area is 185 Å². The Morgan fingerprint density at radius 3 is 2.03 bits per heavy atom. The summed E-state index contributed by atoms with van der Waals surface area (Å²) < 4.78 is 11.4. The van der Waals surface area contributed by atoms with Crippen molar-refractivity contribution in [3.8, 4) is 17.4 Å². The molecule has 1 heterocycles. The van der Waals surface area contributed by atoms with Gasteiger partial charge in [0.2, 0.25) is 5.88 Å². The molecule has 0 saturated heterocycles. The maximum atomic E-state index is 5.94. The molecule has 2 unspecified atom stereocenters. The molecule has 2 aromatic carbocycles. The topological polar surface area (TPSA) is 44.2 Å². The quantitative estimate of drug-likeness (QED) is 0.463. The lowest BCUT2D eigenvalue weighted by Gasteiger charge is -2.48. The van der Waals surface area contributed by atoms with Crippen LogP contribution in [0.1, 0.15) is 56.9 Å². The fourth-order valence-corrected chi connectivity index (χ4v) is 5.54. The Balaban J connectivity index is 1.71. The molecule has 4 nitrogen and oxygen atoms in total. The van der Waals surface area contributed by atoms with Gasteiger partial charge in [-0.3, -0.25) is 4.98 Å². The van der Waals surface area contributed by atoms with Gasteiger partial charge in [-0.1, -0.05) is 45.0 Å². The third-order valence-electron chi connectivity index (χ3n) is 6.38. The second kappa shape index (κ2) is 8.33. The molecular weight excluding hydrogens is 384 g/mol. The van der Waals surface area contributed by atoms with Gasteiger partial charge in [0.1, 0.15) is 11.5 Å². The standard InChI is InChI=1S/C27H32N2O2/c1-19-14-26(3,4)18-27(15-19,21-6-10-23(30-5)11-7-21)22-8-12-24(13-9-22)31-25-17-28-16-20(2)29-25/h6-13,16-17,19H,14-15,18H2,1-5H3. The summed E-state index contributed by atoms with van der Waals surface area (Å²) >= 11 is 0. The predicted octanol–water partition coefficient (Wildman–Crippen LogP) is 6.72. The van der Waals surface area contributed by atoms with Gasteiger partial charge >= 0.3 is 0 Å². The smallest absolute Gasteiger partial charge is 0.238 e. The molecule has 4 heteroatoms. The average Bonchev–Trinajstić information content (AvgIpc) is 2.73. The minimum Gasteiger partial charge on any atom is -0.497 e. The molecule has 1 fully saturated rings. The molecular formula is C27H32N2O2. The first-order chi connectivity index (χ1) is 14.8. The maximum absolute atomic E-state index is 5.94. The SMILES string of the molecule is COc1ccc(C2(c3ccc(Oc4cncc(C)n4)cc3)CC(C)CC(C)(C)C2)cc1. The van der Waals surface area contributed by atoms with Gasteiger partial charge in [-0.2, -0.15) is 0 Å². The van der Waals surface area contributed by atoms with Crippen LogP contribution in [-0.4, -0.2) is 17.1 Å². The fourth-order valence-electron chi connectivity index (χ4n) is 5.54. The molecule has 1 aliphatic rings. The number of rotatable bonds is 5. The van der Waals surface area contributed by atoms with Gasteiger partial charge in [0.15, 0.2) is 0 Å². The van der Waals surface area contributed by atoms with E-state index in [9.17, 15) is 0 Å². The van der Waals surface area contributed by atoms with Crippen molar-refractivity contribution >= 4 is 0 Å². The number of hydrogen-bond donors (Lipinski definition) is 0. The van der Waals surface area contributed by atoms with Crippen molar-refractivity contribution in [2.24, 2.45) is 11.3 Å². The number of benzene rings is 2. The second-order valence-electron chi connectivity index (χ2n) is 9.79. The number of aromatic nitrogens is 2. The van der Waals surface area contributed by atoms with E-state index in [0.717, 1.165) is 30.0 Å². The molecule has 1 aromatic heterocycles. The summed E-state index contributed by atoms with van der Waals surface area (Å²) in [5.74, 6) is 2.83. The van der Waals surface area contributed by atoms with Crippen molar-refractivity contribution in [2.45, 2.75) is 52.4 Å². The highest BCUT2D eigenvalue weighted by molar-refractivity contribution is 5.44. The van der Waals surface area contributed by atoms with E-state index in [1.165, 1.54) is 17.5 Å². The zero-order valence-corrected chi connectivity index (χ0v) is 19.2. The Kier molecular flexibility index (Phi) is 5.74. The van der Waals surface area contributed by atoms with E-state index in [2.05, 4.69) is 79.3 Å². The largest absolute Gasteiger partial charge is 0.497 e. The molecule has 3 aromatic rings. The molecule has 1 saturated carbocycles. The van der Waals surface area contributed by atoms with Gasteiger partial charge in [-0.05, 0) is 72.9 Å². The van der Waals surface area contributed by atoms with Crippen LogP contribution in [0.25, 0.3) is 0 Å². The lowest BCUT2D eigenvalue weighted by molar-refractivity contribution is 0.127. The molecule has 162 valence electrons. The summed E-state index contributed by atoms with van der Waals surface area (Å²) in [4.78, 5) is 8.55. The van der Waals surface area contributed by atoms with Crippen molar-refractivity contribution in [3.63, 3.8) is 0 Å². The first-order valence-electron chi connectivity index (χ1n) is 11.0. The fraction of sp³-hybridized carbons (Fsp3) is 0.407. The van der Waals surface area contributed by atoms with Gasteiger partial charge < -0.3 is 9.47 Å². The molecule has 0 aliphatic heterocycles. The van der Waals surface area contributed by atoms with E-state index < -0.39 is 0 Å². The van der Waals surface area contributed by atoms with E-state index in [-0.39, 0.29) is 10.8 Å². The second-order valence-corrected chi connectivity index (χ2v) is 9.79. The number of hydrogen-bond acceptors (Lipinski definition) is 4. The summed E-state index contributed by atoms with van der Waals surface area (Å²) in [6.45, 7) is 9.09. The van der Waals surface area contributed by atoms with Crippen LogP contribution < -0.4 is 9.47 Å². The van der Waals surface area contributed by atoms with Crippen LogP contribution in [0.5, 0.6) is 17.4 Å². The third kappa shape index (κ3) is 4.58. The van der Waals surface area contributed by atoms with Gasteiger partial charge in [-0.25, -0.2) is 4.98 Å². The van der Waals surface area contributed by atoms with Crippen LogP contribution >= 0.6 is 0 Å². The van der Waals surface area contributed by atoms with E-state index in [1.807, 2.05) is 6.92 Å². The molecule has 4 rings (SSSR count). The molecule has 0 radical (unpaired) electrons. The Hall–Kier alpha value is -2.88. The summed E-state index contributed by atoms with van der Waals surface area (Å²) in [5, 5.41) is 0. The van der Waals surface area contributed by atoms with Gasteiger partial charge in [0.05, 0.1) is 19.0 Å². The van der Waals surface area contributed by atoms with Crippen molar-refractivity contribution in [1.82, 2.24) is 9.97 Å². The van der Waals surface area contributed by atoms with Crippen LogP contribution in [0, 0.1) is 18.3 Å². The molecule has 0 bridgehead atoms. The van der Waals surface area contributed by atoms with Crippen LogP contribution in [0.2, 0.25) is 0 Å². The monoisotopic (exact) mass is 416 g/mol. The van der Waals surface area contributed by atoms with Crippen LogP contribution in [0.4, 0.5) is 0 Å². The van der Waals surface area contributed by atoms with Gasteiger partial charge in [0, 0.05) is 11.6 Å². The molecule has 1 aliphatic carbocycles. The minimum absolute atomic E-state index is 0.0326. The zero-order chi connectivity index (χ0) is 22.1. The lowest BCUT2D eigenvalue weighted by Crippen LogP contribution is -2.41. The normalized spacial score (nSPS) is 22.7. The van der Waals surface area contributed by atoms with Gasteiger partial charge in [0.25, 0.3) is 0 Å². The number of methoxy groups -OCH3 is 1. The third-order valence-corrected chi connectivity index (χ3v) is 6.38. The van der Waals surface area contributed by atoms with Crippen molar-refractivity contribution < 1.29 is 9.47 Å². The van der Waals surface area contributed by atoms with Gasteiger partial charge in [-0.15, -0.1) is 0 Å². The molecule has 0 spiro atoms. The zero-order valence-electron chi connectivity index (χ0n) is 19.2. The maximum Gasteiger partial charge on any atom is 0.238 e. The summed E-state index contributed by atoms with van der Waals surface area (Å²) in [6, 6.07) is 17.2. The highest BCUT2D eigenvalue weighted by atomic mass is 16.5. The molecule has 2 atom stereocenters. The van der Waals surface area contributed by atoms with Crippen molar-refractivity contribution in [1.29, 1.82) is 0 Å². The molecule has 31 heavy (non-hydrogen) atoms. The van der Waals surface area contributed by atoms with Crippen molar-refractivity contribution in [3.05, 3.63) is 77.7 Å². The molecule has 0 N–H and O–H groups in total. The predicted molar refractivity (Wildman–Crippen MR) is 124 cm³/mol. The lowest BCUT2D eigenvalue weighted by atomic mass is 9.55. The highest BCUT2D eigenvalue weighted by Gasteiger charge is 2.45.